The molecule has 102 valence electrons. The molecular formula is C13H10ClN3O2S. The molecule has 1 N–H and O–H groups in total. The number of hydrogen-bond donors (Lipinski definition) is 1. The van der Waals surface area contributed by atoms with Crippen LogP contribution in [0.3, 0.4) is 0 Å². The summed E-state index contributed by atoms with van der Waals surface area (Å²) in [4.78, 5) is 3.86. The molecule has 7 heteroatoms. The van der Waals surface area contributed by atoms with Crippen molar-refractivity contribution in [2.75, 3.05) is 4.72 Å². The first-order valence-corrected chi connectivity index (χ1v) is 7.64. The van der Waals surface area contributed by atoms with Crippen LogP contribution in [0.2, 0.25) is 5.15 Å². The Bertz CT molecular complexity index is 752. The fraction of sp³-hybridized carbons (Fsp3) is 0.0769. The van der Waals surface area contributed by atoms with Gasteiger partial charge in [-0.1, -0.05) is 29.8 Å². The van der Waals surface area contributed by atoms with Crippen molar-refractivity contribution in [3.63, 3.8) is 0 Å². The Balaban J connectivity index is 2.13. The van der Waals surface area contributed by atoms with Crippen molar-refractivity contribution in [2.45, 2.75) is 5.75 Å². The molecule has 0 unspecified atom stereocenters. The number of rotatable bonds is 4. The van der Waals surface area contributed by atoms with Crippen molar-refractivity contribution < 1.29 is 8.42 Å². The van der Waals surface area contributed by atoms with Gasteiger partial charge in [0.25, 0.3) is 0 Å². The summed E-state index contributed by atoms with van der Waals surface area (Å²) in [5.41, 5.74) is 1.06. The van der Waals surface area contributed by atoms with E-state index in [-0.39, 0.29) is 16.7 Å². The monoisotopic (exact) mass is 307 g/mol. The fourth-order valence-electron chi connectivity index (χ4n) is 1.56. The molecule has 0 bridgehead atoms. The largest absolute Gasteiger partial charge is 0.267 e. The second-order valence-corrected chi connectivity index (χ2v) is 6.12. The highest BCUT2D eigenvalue weighted by Gasteiger charge is 2.12. The summed E-state index contributed by atoms with van der Waals surface area (Å²) >= 11 is 5.69. The summed E-state index contributed by atoms with van der Waals surface area (Å²) in [6.45, 7) is 0. The summed E-state index contributed by atoms with van der Waals surface area (Å²) in [6, 6.07) is 13.0. The van der Waals surface area contributed by atoms with E-state index in [1.165, 1.54) is 6.07 Å². The van der Waals surface area contributed by atoms with Gasteiger partial charge in [0.15, 0.2) is 0 Å². The first-order chi connectivity index (χ1) is 9.48. The third-order valence-corrected chi connectivity index (χ3v) is 3.86. The lowest BCUT2D eigenvalue weighted by atomic mass is 10.2. The third-order valence-electron chi connectivity index (χ3n) is 2.41. The van der Waals surface area contributed by atoms with Crippen LogP contribution in [0.1, 0.15) is 11.1 Å². The number of sulfonamides is 1. The molecule has 0 radical (unpaired) electrons. The molecule has 0 saturated carbocycles. The highest BCUT2D eigenvalue weighted by atomic mass is 35.5. The maximum atomic E-state index is 12.0. The van der Waals surface area contributed by atoms with E-state index >= 15 is 0 Å². The van der Waals surface area contributed by atoms with Crippen molar-refractivity contribution >= 4 is 27.4 Å². The Morgan fingerprint density at radius 1 is 1.20 bits per heavy atom. The van der Waals surface area contributed by atoms with Crippen molar-refractivity contribution in [1.29, 1.82) is 5.26 Å². The molecule has 0 spiro atoms. The highest BCUT2D eigenvalue weighted by molar-refractivity contribution is 7.91. The van der Waals surface area contributed by atoms with E-state index in [1.807, 2.05) is 6.07 Å². The summed E-state index contributed by atoms with van der Waals surface area (Å²) in [6.07, 6.45) is 0. The molecule has 0 aliphatic carbocycles. The van der Waals surface area contributed by atoms with Gasteiger partial charge in [0.2, 0.25) is 10.0 Å². The lowest BCUT2D eigenvalue weighted by Crippen LogP contribution is -2.15. The molecule has 0 atom stereocenters. The third kappa shape index (κ3) is 3.95. The number of halogens is 1. The van der Waals surface area contributed by atoms with E-state index in [9.17, 15) is 8.42 Å². The molecule has 0 aliphatic rings. The Hall–Kier alpha value is -2.10. The fourth-order valence-corrected chi connectivity index (χ4v) is 2.86. The minimum Gasteiger partial charge on any atom is -0.267 e. The van der Waals surface area contributed by atoms with Gasteiger partial charge in [-0.2, -0.15) is 5.26 Å². The Morgan fingerprint density at radius 2 is 1.90 bits per heavy atom. The molecule has 1 aromatic heterocycles. The molecule has 2 aromatic rings. The van der Waals surface area contributed by atoms with Gasteiger partial charge in [-0.05, 0) is 29.8 Å². The molecule has 0 amide bonds. The average Bonchev–Trinajstić information content (AvgIpc) is 2.38. The molecule has 20 heavy (non-hydrogen) atoms. The van der Waals surface area contributed by atoms with E-state index in [0.29, 0.717) is 11.1 Å². The first-order valence-electron chi connectivity index (χ1n) is 5.60. The van der Waals surface area contributed by atoms with Crippen molar-refractivity contribution in [3.8, 4) is 6.07 Å². The van der Waals surface area contributed by atoms with Crippen LogP contribution < -0.4 is 4.72 Å². The predicted molar refractivity (Wildman–Crippen MR) is 76.7 cm³/mol. The zero-order valence-corrected chi connectivity index (χ0v) is 11.8. The molecule has 0 fully saturated rings. The Kier molecular flexibility index (Phi) is 4.23. The normalized spacial score (nSPS) is 10.8. The predicted octanol–water partition coefficient (Wildman–Crippen LogP) is 2.55. The van der Waals surface area contributed by atoms with Gasteiger partial charge in [0.1, 0.15) is 11.0 Å². The van der Waals surface area contributed by atoms with Crippen LogP contribution in [0.25, 0.3) is 0 Å². The summed E-state index contributed by atoms with van der Waals surface area (Å²) in [5, 5.41) is 8.89. The van der Waals surface area contributed by atoms with Gasteiger partial charge in [-0.3, -0.25) is 4.72 Å². The summed E-state index contributed by atoms with van der Waals surface area (Å²) in [5.74, 6) is -0.0291. The highest BCUT2D eigenvalue weighted by Crippen LogP contribution is 2.13. The van der Waals surface area contributed by atoms with Crippen molar-refractivity contribution in [3.05, 3.63) is 58.7 Å². The molecular weight excluding hydrogens is 298 g/mol. The minimum absolute atomic E-state index is 0.172. The standard InChI is InChI=1S/C13H10ClN3O2S/c14-12-2-1-3-13(16-12)17-20(18,19)9-11-6-4-10(8-15)5-7-11/h1-7H,9H2,(H,16,17). The van der Waals surface area contributed by atoms with E-state index in [0.717, 1.165) is 0 Å². The maximum Gasteiger partial charge on any atom is 0.238 e. The molecule has 0 aliphatic heterocycles. The second-order valence-electron chi connectivity index (χ2n) is 4.02. The SMILES string of the molecule is N#Cc1ccc(CS(=O)(=O)Nc2cccc(Cl)n2)cc1. The van der Waals surface area contributed by atoms with Crippen LogP contribution in [0, 0.1) is 11.3 Å². The van der Waals surface area contributed by atoms with Crippen LogP contribution in [-0.2, 0) is 15.8 Å². The number of aromatic nitrogens is 1. The molecule has 2 rings (SSSR count). The molecule has 0 saturated heterocycles. The first kappa shape index (κ1) is 14.3. The van der Waals surface area contributed by atoms with Gasteiger partial charge in [-0.25, -0.2) is 13.4 Å². The van der Waals surface area contributed by atoms with Crippen LogP contribution in [0.15, 0.2) is 42.5 Å². The van der Waals surface area contributed by atoms with Gasteiger partial charge in [-0.15, -0.1) is 0 Å². The van der Waals surface area contributed by atoms with E-state index in [2.05, 4.69) is 9.71 Å². The Morgan fingerprint density at radius 3 is 2.50 bits per heavy atom. The van der Waals surface area contributed by atoms with Crippen LogP contribution in [0.5, 0.6) is 0 Å². The number of nitrogens with one attached hydrogen (secondary N) is 1. The maximum absolute atomic E-state index is 12.0. The van der Waals surface area contributed by atoms with Crippen LogP contribution in [0.4, 0.5) is 5.82 Å². The van der Waals surface area contributed by atoms with Gasteiger partial charge in [0, 0.05) is 0 Å². The summed E-state index contributed by atoms with van der Waals surface area (Å²) in [7, 11) is -3.58. The van der Waals surface area contributed by atoms with E-state index < -0.39 is 10.0 Å². The zero-order chi connectivity index (χ0) is 14.6. The van der Waals surface area contributed by atoms with Crippen molar-refractivity contribution in [1.82, 2.24) is 4.98 Å². The van der Waals surface area contributed by atoms with Gasteiger partial charge >= 0.3 is 0 Å². The second kappa shape index (κ2) is 5.90. The molecule has 1 heterocycles. The van der Waals surface area contributed by atoms with E-state index in [4.69, 9.17) is 16.9 Å². The Labute approximate surface area is 121 Å². The minimum atomic E-state index is -3.58. The van der Waals surface area contributed by atoms with Crippen LogP contribution >= 0.6 is 11.6 Å². The quantitative estimate of drug-likeness (QED) is 0.880. The van der Waals surface area contributed by atoms with Crippen molar-refractivity contribution in [2.24, 2.45) is 0 Å². The lowest BCUT2D eigenvalue weighted by Gasteiger charge is -2.07. The number of benzene rings is 1. The number of anilines is 1. The lowest BCUT2D eigenvalue weighted by molar-refractivity contribution is 0.600. The number of pyridine rings is 1. The molecule has 5 nitrogen and oxygen atoms in total. The zero-order valence-electron chi connectivity index (χ0n) is 10.2. The number of nitrogens with zero attached hydrogens (tertiary/aromatic N) is 2. The van der Waals surface area contributed by atoms with E-state index in [1.54, 1.807) is 36.4 Å². The van der Waals surface area contributed by atoms with Gasteiger partial charge in [0.05, 0.1) is 17.4 Å². The summed E-state index contributed by atoms with van der Waals surface area (Å²) < 4.78 is 26.3. The number of hydrogen-bond acceptors (Lipinski definition) is 4. The van der Waals surface area contributed by atoms with Crippen LogP contribution in [-0.4, -0.2) is 13.4 Å². The molecule has 1 aromatic carbocycles. The van der Waals surface area contributed by atoms with Gasteiger partial charge < -0.3 is 0 Å². The average molecular weight is 308 g/mol. The topological polar surface area (TPSA) is 82.8 Å². The number of nitriles is 1. The smallest absolute Gasteiger partial charge is 0.238 e.